The smallest absolute Gasteiger partial charge is 0.259 e. The Labute approximate surface area is 154 Å². The van der Waals surface area contributed by atoms with Crippen molar-refractivity contribution in [3.05, 3.63) is 66.0 Å². The van der Waals surface area contributed by atoms with E-state index in [1.54, 1.807) is 16.9 Å². The first-order chi connectivity index (χ1) is 12.6. The van der Waals surface area contributed by atoms with Gasteiger partial charge in [0.1, 0.15) is 0 Å². The van der Waals surface area contributed by atoms with Gasteiger partial charge in [0.05, 0.1) is 34.6 Å². The highest BCUT2D eigenvalue weighted by atomic mass is 32.2. The van der Waals surface area contributed by atoms with E-state index in [0.717, 1.165) is 22.0 Å². The number of rotatable bonds is 3. The number of hydrogen-bond donors (Lipinski definition) is 2. The lowest BCUT2D eigenvalue weighted by Crippen LogP contribution is -2.19. The minimum Gasteiger partial charge on any atom is -0.324 e. The van der Waals surface area contributed by atoms with Crippen LogP contribution in [0.3, 0.4) is 0 Å². The summed E-state index contributed by atoms with van der Waals surface area (Å²) in [7, 11) is 0. The molecule has 1 aliphatic heterocycles. The van der Waals surface area contributed by atoms with E-state index in [4.69, 9.17) is 0 Å². The molecule has 0 unspecified atom stereocenters. The molecule has 4 rings (SSSR count). The summed E-state index contributed by atoms with van der Waals surface area (Å²) in [4.78, 5) is 25.2. The molecule has 0 atom stereocenters. The minimum atomic E-state index is -0.237. The van der Waals surface area contributed by atoms with E-state index in [2.05, 4.69) is 15.7 Å². The predicted octanol–water partition coefficient (Wildman–Crippen LogP) is 3.48. The molecule has 0 fully saturated rings. The fraction of sp³-hybridized carbons (Fsp3) is 0.105. The van der Waals surface area contributed by atoms with Gasteiger partial charge in [-0.05, 0) is 37.3 Å². The van der Waals surface area contributed by atoms with Gasteiger partial charge in [-0.25, -0.2) is 4.68 Å². The standard InChI is InChI=1S/C19H16N4O2S/c1-12-15(10-20-23(12)14-5-3-2-4-6-14)19(25)21-13-7-8-17-16(9-13)22-18(24)11-26-17/h2-10H,11H2,1H3,(H,21,25)(H,22,24). The highest BCUT2D eigenvalue weighted by Gasteiger charge is 2.18. The number of anilines is 2. The number of benzene rings is 2. The predicted molar refractivity (Wildman–Crippen MR) is 102 cm³/mol. The van der Waals surface area contributed by atoms with Gasteiger partial charge < -0.3 is 10.6 Å². The zero-order chi connectivity index (χ0) is 18.1. The van der Waals surface area contributed by atoms with Gasteiger partial charge >= 0.3 is 0 Å². The highest BCUT2D eigenvalue weighted by Crippen LogP contribution is 2.33. The molecule has 2 aromatic carbocycles. The third-order valence-electron chi connectivity index (χ3n) is 4.13. The fourth-order valence-electron chi connectivity index (χ4n) is 2.82. The number of amides is 2. The van der Waals surface area contributed by atoms with Crippen LogP contribution in [0.2, 0.25) is 0 Å². The molecule has 0 aliphatic carbocycles. The molecule has 7 heteroatoms. The Morgan fingerprint density at radius 3 is 2.85 bits per heavy atom. The second-order valence-corrected chi connectivity index (χ2v) is 6.91. The van der Waals surface area contributed by atoms with Gasteiger partial charge in [0, 0.05) is 10.6 Å². The first-order valence-corrected chi connectivity index (χ1v) is 9.08. The van der Waals surface area contributed by atoms with Crippen LogP contribution in [0.4, 0.5) is 11.4 Å². The van der Waals surface area contributed by atoms with Crippen molar-refractivity contribution in [3.8, 4) is 5.69 Å². The van der Waals surface area contributed by atoms with E-state index >= 15 is 0 Å². The highest BCUT2D eigenvalue weighted by molar-refractivity contribution is 8.00. The Hall–Kier alpha value is -3.06. The van der Waals surface area contributed by atoms with Crippen molar-refractivity contribution < 1.29 is 9.59 Å². The third-order valence-corrected chi connectivity index (χ3v) is 5.20. The number of nitrogens with zero attached hydrogens (tertiary/aromatic N) is 2. The van der Waals surface area contributed by atoms with Crippen LogP contribution in [-0.4, -0.2) is 27.3 Å². The van der Waals surface area contributed by atoms with E-state index in [9.17, 15) is 9.59 Å². The Bertz CT molecular complexity index is 998. The molecule has 0 spiro atoms. The van der Waals surface area contributed by atoms with Gasteiger partial charge in [0.15, 0.2) is 0 Å². The molecule has 1 aromatic heterocycles. The third kappa shape index (κ3) is 3.09. The summed E-state index contributed by atoms with van der Waals surface area (Å²) in [6.45, 7) is 1.86. The molecule has 0 bridgehead atoms. The zero-order valence-corrected chi connectivity index (χ0v) is 14.8. The molecule has 6 nitrogen and oxygen atoms in total. The molecule has 26 heavy (non-hydrogen) atoms. The monoisotopic (exact) mass is 364 g/mol. The summed E-state index contributed by atoms with van der Waals surface area (Å²) in [6.07, 6.45) is 1.56. The molecule has 0 radical (unpaired) electrons. The van der Waals surface area contributed by atoms with E-state index in [0.29, 0.717) is 17.0 Å². The lowest BCUT2D eigenvalue weighted by Gasteiger charge is -2.17. The van der Waals surface area contributed by atoms with E-state index in [1.807, 2.05) is 49.4 Å². The lowest BCUT2D eigenvalue weighted by molar-refractivity contribution is -0.113. The van der Waals surface area contributed by atoms with Crippen LogP contribution in [0.5, 0.6) is 0 Å². The molecule has 2 heterocycles. The number of carbonyl (C=O) groups is 2. The maximum atomic E-state index is 12.7. The van der Waals surface area contributed by atoms with Crippen molar-refractivity contribution in [1.82, 2.24) is 9.78 Å². The number of carbonyl (C=O) groups excluding carboxylic acids is 2. The topological polar surface area (TPSA) is 76.0 Å². The lowest BCUT2D eigenvalue weighted by atomic mass is 10.2. The molecule has 0 saturated carbocycles. The van der Waals surface area contributed by atoms with Crippen molar-refractivity contribution in [2.45, 2.75) is 11.8 Å². The first kappa shape index (κ1) is 16.4. The Balaban J connectivity index is 1.57. The Morgan fingerprint density at radius 2 is 2.04 bits per heavy atom. The van der Waals surface area contributed by atoms with E-state index < -0.39 is 0 Å². The van der Waals surface area contributed by atoms with Crippen molar-refractivity contribution in [1.29, 1.82) is 0 Å². The summed E-state index contributed by atoms with van der Waals surface area (Å²) in [6, 6.07) is 15.2. The van der Waals surface area contributed by atoms with Crippen molar-refractivity contribution in [3.63, 3.8) is 0 Å². The largest absolute Gasteiger partial charge is 0.324 e. The summed E-state index contributed by atoms with van der Waals surface area (Å²) in [5, 5.41) is 10.0. The Kier molecular flexibility index (Phi) is 4.22. The average Bonchev–Trinajstić information content (AvgIpc) is 3.03. The van der Waals surface area contributed by atoms with E-state index in [1.165, 1.54) is 11.8 Å². The van der Waals surface area contributed by atoms with Gasteiger partial charge in [-0.2, -0.15) is 5.10 Å². The number of aromatic nitrogens is 2. The molecule has 1 aliphatic rings. The SMILES string of the molecule is Cc1c(C(=O)Nc2ccc3c(c2)NC(=O)CS3)cnn1-c1ccccc1. The van der Waals surface area contributed by atoms with E-state index in [-0.39, 0.29) is 11.8 Å². The first-order valence-electron chi connectivity index (χ1n) is 8.10. The van der Waals surface area contributed by atoms with Gasteiger partial charge in [0.2, 0.25) is 5.91 Å². The molecular weight excluding hydrogens is 348 g/mol. The summed E-state index contributed by atoms with van der Waals surface area (Å²) in [5.74, 6) is 0.140. The number of hydrogen-bond acceptors (Lipinski definition) is 4. The molecule has 2 amide bonds. The summed E-state index contributed by atoms with van der Waals surface area (Å²) >= 11 is 1.49. The molecular formula is C19H16N4O2S. The molecule has 0 saturated heterocycles. The molecule has 3 aromatic rings. The maximum absolute atomic E-state index is 12.7. The fourth-order valence-corrected chi connectivity index (χ4v) is 3.61. The molecule has 2 N–H and O–H groups in total. The zero-order valence-electron chi connectivity index (χ0n) is 14.0. The van der Waals surface area contributed by atoms with Crippen molar-refractivity contribution >= 4 is 35.0 Å². The van der Waals surface area contributed by atoms with Crippen molar-refractivity contribution in [2.24, 2.45) is 0 Å². The minimum absolute atomic E-state index is 0.0361. The van der Waals surface area contributed by atoms with Crippen molar-refractivity contribution in [2.75, 3.05) is 16.4 Å². The molecule has 130 valence electrons. The van der Waals surface area contributed by atoms with Crippen LogP contribution in [0.1, 0.15) is 16.1 Å². The van der Waals surface area contributed by atoms with Gasteiger partial charge in [-0.1, -0.05) is 18.2 Å². The van der Waals surface area contributed by atoms with Crippen LogP contribution >= 0.6 is 11.8 Å². The second kappa shape index (κ2) is 6.68. The quantitative estimate of drug-likeness (QED) is 0.746. The normalized spacial score (nSPS) is 13.0. The van der Waals surface area contributed by atoms with Crippen LogP contribution in [0.25, 0.3) is 5.69 Å². The van der Waals surface area contributed by atoms with Gasteiger partial charge in [0.25, 0.3) is 5.91 Å². The average molecular weight is 364 g/mol. The number of para-hydroxylation sites is 1. The summed E-state index contributed by atoms with van der Waals surface area (Å²) in [5.41, 5.74) is 3.52. The van der Waals surface area contributed by atoms with Crippen LogP contribution in [0.15, 0.2) is 59.6 Å². The second-order valence-electron chi connectivity index (χ2n) is 5.89. The van der Waals surface area contributed by atoms with Crippen LogP contribution in [0, 0.1) is 6.92 Å². The van der Waals surface area contributed by atoms with Crippen LogP contribution < -0.4 is 10.6 Å². The number of fused-ring (bicyclic) bond motifs is 1. The van der Waals surface area contributed by atoms with Crippen LogP contribution in [-0.2, 0) is 4.79 Å². The number of thioether (sulfide) groups is 1. The maximum Gasteiger partial charge on any atom is 0.259 e. The Morgan fingerprint density at radius 1 is 1.23 bits per heavy atom. The van der Waals surface area contributed by atoms with Gasteiger partial charge in [-0.15, -0.1) is 11.8 Å². The number of nitrogens with one attached hydrogen (secondary N) is 2. The van der Waals surface area contributed by atoms with Gasteiger partial charge in [-0.3, -0.25) is 9.59 Å². The summed E-state index contributed by atoms with van der Waals surface area (Å²) < 4.78 is 1.73.